The average Bonchev–Trinajstić information content (AvgIpc) is 1.98. The minimum absolute atomic E-state index is 0.103. The highest BCUT2D eigenvalue weighted by Gasteiger charge is 2.09. The summed E-state index contributed by atoms with van der Waals surface area (Å²) in [5, 5.41) is 1.66. The first-order chi connectivity index (χ1) is 4.72. The monoisotopic (exact) mass is 179 g/mol. The number of methoxy groups -OCH3 is 1. The van der Waals surface area contributed by atoms with Crippen molar-refractivity contribution in [3.63, 3.8) is 0 Å². The van der Waals surface area contributed by atoms with Gasteiger partial charge in [0.25, 0.3) is 0 Å². The lowest BCUT2D eigenvalue weighted by atomic mass is 10.2. The molecule has 0 bridgehead atoms. The maximum atomic E-state index is 5.57. The number of hydrogen-bond acceptors (Lipinski definition) is 4. The van der Waals surface area contributed by atoms with Gasteiger partial charge in [-0.1, -0.05) is 12.2 Å². The number of thiocarbonyl (C=S) groups is 1. The van der Waals surface area contributed by atoms with E-state index in [0.717, 1.165) is 6.42 Å². The molecule has 0 saturated carbocycles. The van der Waals surface area contributed by atoms with E-state index in [-0.39, 0.29) is 11.3 Å². The summed E-state index contributed by atoms with van der Waals surface area (Å²) in [5.41, 5.74) is 5.57. The van der Waals surface area contributed by atoms with E-state index in [1.54, 1.807) is 7.11 Å². The van der Waals surface area contributed by atoms with E-state index in [0.29, 0.717) is 6.61 Å². The van der Waals surface area contributed by atoms with Gasteiger partial charge in [0.1, 0.15) is 0 Å². The fraction of sp³-hybridized carbons (Fsp3) is 0.833. The van der Waals surface area contributed by atoms with Crippen LogP contribution in [0.3, 0.4) is 0 Å². The van der Waals surface area contributed by atoms with Crippen LogP contribution in [0, 0.1) is 0 Å². The molecule has 0 aromatic heterocycles. The van der Waals surface area contributed by atoms with E-state index in [2.05, 4.69) is 24.8 Å². The van der Waals surface area contributed by atoms with Crippen LogP contribution in [0.15, 0.2) is 0 Å². The smallest absolute Gasteiger partial charge is 0.0473 e. The Hall–Kier alpha value is 0.360. The second-order valence-electron chi connectivity index (χ2n) is 2.06. The zero-order valence-electron chi connectivity index (χ0n) is 5.99. The molecule has 60 valence electrons. The molecule has 0 rings (SSSR count). The molecule has 0 amide bonds. The molecule has 2 unspecified atom stereocenters. The Morgan fingerprint density at radius 1 is 1.80 bits per heavy atom. The van der Waals surface area contributed by atoms with Gasteiger partial charge in [-0.15, -0.1) is 0 Å². The van der Waals surface area contributed by atoms with Gasteiger partial charge in [0.05, 0.1) is 0 Å². The Balaban J connectivity index is 3.40. The van der Waals surface area contributed by atoms with Crippen molar-refractivity contribution in [2.45, 2.75) is 17.7 Å². The predicted octanol–water partition coefficient (Wildman–Crippen LogP) is 0.648. The van der Waals surface area contributed by atoms with Crippen molar-refractivity contribution in [1.82, 2.24) is 0 Å². The second kappa shape index (κ2) is 6.09. The quantitative estimate of drug-likeness (QED) is 0.480. The number of ether oxygens (including phenoxy) is 1. The van der Waals surface area contributed by atoms with Gasteiger partial charge in [-0.05, 0) is 11.8 Å². The molecule has 0 radical (unpaired) electrons. The van der Waals surface area contributed by atoms with Crippen molar-refractivity contribution < 1.29 is 4.74 Å². The van der Waals surface area contributed by atoms with Crippen LogP contribution in [0.1, 0.15) is 6.42 Å². The van der Waals surface area contributed by atoms with Crippen LogP contribution in [0.2, 0.25) is 0 Å². The van der Waals surface area contributed by atoms with Crippen LogP contribution < -0.4 is 5.73 Å². The van der Waals surface area contributed by atoms with Crippen LogP contribution in [-0.2, 0) is 4.74 Å². The van der Waals surface area contributed by atoms with E-state index in [4.69, 9.17) is 10.5 Å². The zero-order valence-corrected chi connectivity index (χ0v) is 7.70. The molecule has 10 heavy (non-hydrogen) atoms. The van der Waals surface area contributed by atoms with Crippen molar-refractivity contribution in [3.8, 4) is 0 Å². The van der Waals surface area contributed by atoms with Crippen molar-refractivity contribution >= 4 is 30.2 Å². The molecule has 0 aliphatic rings. The van der Waals surface area contributed by atoms with E-state index in [1.165, 1.54) is 5.37 Å². The zero-order chi connectivity index (χ0) is 7.98. The fourth-order valence-corrected chi connectivity index (χ4v) is 1.02. The maximum absolute atomic E-state index is 5.57. The minimum Gasteiger partial charge on any atom is -0.385 e. The highest BCUT2D eigenvalue weighted by atomic mass is 32.1. The molecule has 2 N–H and O–H groups in total. The number of rotatable bonds is 5. The van der Waals surface area contributed by atoms with Crippen LogP contribution in [0.5, 0.6) is 0 Å². The molecule has 0 fully saturated rings. The van der Waals surface area contributed by atoms with E-state index < -0.39 is 0 Å². The lowest BCUT2D eigenvalue weighted by molar-refractivity contribution is 0.194. The minimum atomic E-state index is -0.103. The standard InChI is InChI=1S/C6H13NOS2/c1-8-3-2-6(10)5(7)4-9/h4-6,10H,2-3,7H2,1H3. The lowest BCUT2D eigenvalue weighted by Gasteiger charge is -2.13. The molecule has 4 heteroatoms. The van der Waals surface area contributed by atoms with Gasteiger partial charge < -0.3 is 10.5 Å². The Morgan fingerprint density at radius 2 is 2.40 bits per heavy atom. The lowest BCUT2D eigenvalue weighted by Crippen LogP contribution is -2.32. The molecule has 0 aliphatic heterocycles. The first-order valence-corrected chi connectivity index (χ1v) is 4.09. The van der Waals surface area contributed by atoms with Crippen LogP contribution in [0.25, 0.3) is 0 Å². The van der Waals surface area contributed by atoms with Crippen LogP contribution in [0.4, 0.5) is 0 Å². The summed E-state index contributed by atoms with van der Waals surface area (Å²) >= 11 is 8.90. The number of nitrogens with two attached hydrogens (primary N) is 1. The highest BCUT2D eigenvalue weighted by molar-refractivity contribution is 7.81. The van der Waals surface area contributed by atoms with Crippen molar-refractivity contribution in [3.05, 3.63) is 0 Å². The van der Waals surface area contributed by atoms with E-state index >= 15 is 0 Å². The largest absolute Gasteiger partial charge is 0.385 e. The Labute approximate surface area is 72.5 Å². The predicted molar refractivity (Wildman–Crippen MR) is 50.9 cm³/mol. The SMILES string of the molecule is COCCC(S)C(N)C=S. The molecule has 2 atom stereocenters. The highest BCUT2D eigenvalue weighted by Crippen LogP contribution is 2.03. The van der Waals surface area contributed by atoms with Crippen molar-refractivity contribution in [2.75, 3.05) is 13.7 Å². The summed E-state index contributed by atoms with van der Waals surface area (Å²) < 4.78 is 4.85. The van der Waals surface area contributed by atoms with Crippen molar-refractivity contribution in [2.24, 2.45) is 5.73 Å². The van der Waals surface area contributed by atoms with Gasteiger partial charge in [0, 0.05) is 25.0 Å². The molecule has 0 aromatic carbocycles. The van der Waals surface area contributed by atoms with Gasteiger partial charge in [0.15, 0.2) is 0 Å². The first-order valence-electron chi connectivity index (χ1n) is 3.10. The third kappa shape index (κ3) is 4.22. The Kier molecular flexibility index (Phi) is 6.31. The maximum Gasteiger partial charge on any atom is 0.0473 e. The molecule has 0 saturated heterocycles. The summed E-state index contributed by atoms with van der Waals surface area (Å²) in [4.78, 5) is 0. The first kappa shape index (κ1) is 10.4. The van der Waals surface area contributed by atoms with Gasteiger partial charge in [0.2, 0.25) is 0 Å². The number of thiol groups is 1. The topological polar surface area (TPSA) is 35.2 Å². The average molecular weight is 179 g/mol. The van der Waals surface area contributed by atoms with E-state index in [9.17, 15) is 0 Å². The molecular formula is C6H13NOS2. The summed E-state index contributed by atoms with van der Waals surface area (Å²) in [7, 11) is 1.66. The second-order valence-corrected chi connectivity index (χ2v) is 3.00. The van der Waals surface area contributed by atoms with Gasteiger partial charge in [-0.25, -0.2) is 0 Å². The summed E-state index contributed by atoms with van der Waals surface area (Å²) in [6.07, 6.45) is 0.841. The molecular weight excluding hydrogens is 166 g/mol. The molecule has 0 aromatic rings. The van der Waals surface area contributed by atoms with Gasteiger partial charge >= 0.3 is 0 Å². The molecule has 0 aliphatic carbocycles. The van der Waals surface area contributed by atoms with Crippen LogP contribution in [-0.4, -0.2) is 30.4 Å². The number of hydrogen-bond donors (Lipinski definition) is 2. The van der Waals surface area contributed by atoms with E-state index in [1.807, 2.05) is 0 Å². The van der Waals surface area contributed by atoms with Crippen molar-refractivity contribution in [1.29, 1.82) is 0 Å². The van der Waals surface area contributed by atoms with Crippen LogP contribution >= 0.6 is 24.8 Å². The Bertz CT molecular complexity index is 99.7. The third-order valence-electron chi connectivity index (χ3n) is 1.22. The summed E-state index contributed by atoms with van der Waals surface area (Å²) in [6, 6.07) is -0.103. The fourth-order valence-electron chi connectivity index (χ4n) is 0.522. The molecule has 0 spiro atoms. The van der Waals surface area contributed by atoms with Gasteiger partial charge in [-0.3, -0.25) is 0 Å². The Morgan fingerprint density at radius 3 is 2.80 bits per heavy atom. The summed E-state index contributed by atoms with van der Waals surface area (Å²) in [6.45, 7) is 0.686. The summed E-state index contributed by atoms with van der Waals surface area (Å²) in [5.74, 6) is 0. The molecule has 0 heterocycles. The molecule has 2 nitrogen and oxygen atoms in total. The third-order valence-corrected chi connectivity index (χ3v) is 2.14. The van der Waals surface area contributed by atoms with Gasteiger partial charge in [-0.2, -0.15) is 12.6 Å². The normalized spacial score (nSPS) is 16.3.